The van der Waals surface area contributed by atoms with Gasteiger partial charge in [-0.1, -0.05) is 0 Å². The minimum atomic E-state index is 0.520. The minimum absolute atomic E-state index is 0.520. The molecule has 0 radical (unpaired) electrons. The predicted octanol–water partition coefficient (Wildman–Crippen LogP) is 3.19. The Morgan fingerprint density at radius 3 is 2.12 bits per heavy atom. The first-order valence-corrected chi connectivity index (χ1v) is 6.76. The average molecular weight is 216 g/mol. The Kier molecular flexibility index (Phi) is 1.68. The lowest BCUT2D eigenvalue weighted by Crippen LogP contribution is -2.48. The van der Waals surface area contributed by atoms with Gasteiger partial charge in [0, 0.05) is 5.69 Å². The zero-order valence-corrected chi connectivity index (χ0v) is 10.00. The summed E-state index contributed by atoms with van der Waals surface area (Å²) in [6.07, 6.45) is 11.0. The van der Waals surface area contributed by atoms with Crippen molar-refractivity contribution in [1.82, 2.24) is 10.2 Å². The Morgan fingerprint density at radius 1 is 1.12 bits per heavy atom. The van der Waals surface area contributed by atoms with Gasteiger partial charge >= 0.3 is 0 Å². The molecule has 1 N–H and O–H groups in total. The fourth-order valence-electron chi connectivity index (χ4n) is 5.33. The van der Waals surface area contributed by atoms with E-state index in [0.717, 1.165) is 17.8 Å². The van der Waals surface area contributed by atoms with Crippen molar-refractivity contribution in [2.75, 3.05) is 0 Å². The van der Waals surface area contributed by atoms with Crippen LogP contribution >= 0.6 is 0 Å². The molecule has 16 heavy (non-hydrogen) atoms. The lowest BCUT2D eigenvalue weighted by molar-refractivity contribution is -0.00544. The molecule has 4 aliphatic rings. The number of aromatic amines is 1. The molecule has 0 atom stereocenters. The van der Waals surface area contributed by atoms with Crippen LogP contribution < -0.4 is 0 Å². The maximum Gasteiger partial charge on any atom is 0.0527 e. The molecule has 4 bridgehead atoms. The molecular formula is C14H20N2. The highest BCUT2D eigenvalue weighted by Crippen LogP contribution is 2.60. The highest BCUT2D eigenvalue weighted by molar-refractivity contribution is 5.30. The van der Waals surface area contributed by atoms with Crippen LogP contribution in [-0.2, 0) is 5.41 Å². The number of nitrogens with zero attached hydrogens (tertiary/aromatic N) is 1. The minimum Gasteiger partial charge on any atom is -0.283 e. The van der Waals surface area contributed by atoms with Gasteiger partial charge in [0.1, 0.15) is 0 Å². The smallest absolute Gasteiger partial charge is 0.0527 e. The van der Waals surface area contributed by atoms with Crippen LogP contribution in [0.4, 0.5) is 0 Å². The second kappa shape index (κ2) is 2.91. The highest BCUT2D eigenvalue weighted by atomic mass is 15.1. The number of hydrogen-bond acceptors (Lipinski definition) is 1. The van der Waals surface area contributed by atoms with Gasteiger partial charge in [0.2, 0.25) is 0 Å². The summed E-state index contributed by atoms with van der Waals surface area (Å²) in [5.41, 5.74) is 3.39. The number of aromatic nitrogens is 2. The number of hydrogen-bond donors (Lipinski definition) is 1. The molecule has 4 saturated carbocycles. The van der Waals surface area contributed by atoms with Gasteiger partial charge in [-0.15, -0.1) is 0 Å². The molecule has 2 heteroatoms. The molecular weight excluding hydrogens is 196 g/mol. The van der Waals surface area contributed by atoms with Crippen molar-refractivity contribution < 1.29 is 0 Å². The number of rotatable bonds is 1. The Labute approximate surface area is 96.8 Å². The van der Waals surface area contributed by atoms with Crippen molar-refractivity contribution in [2.45, 2.75) is 50.9 Å². The average Bonchev–Trinajstić information content (AvgIpc) is 2.62. The van der Waals surface area contributed by atoms with Crippen molar-refractivity contribution in [2.24, 2.45) is 17.8 Å². The zero-order chi connectivity index (χ0) is 10.8. The van der Waals surface area contributed by atoms with Crippen LogP contribution in [0.25, 0.3) is 0 Å². The summed E-state index contributed by atoms with van der Waals surface area (Å²) in [6.45, 7) is 2.20. The topological polar surface area (TPSA) is 28.7 Å². The van der Waals surface area contributed by atoms with Crippen molar-refractivity contribution in [3.05, 3.63) is 17.5 Å². The van der Waals surface area contributed by atoms with Crippen molar-refractivity contribution in [1.29, 1.82) is 0 Å². The maximum atomic E-state index is 4.25. The van der Waals surface area contributed by atoms with Crippen LogP contribution in [0.2, 0.25) is 0 Å². The first-order valence-electron chi connectivity index (χ1n) is 6.76. The summed E-state index contributed by atoms with van der Waals surface area (Å²) in [6, 6.07) is 0. The molecule has 4 aliphatic carbocycles. The third-order valence-electron chi connectivity index (χ3n) is 5.44. The summed E-state index contributed by atoms with van der Waals surface area (Å²) < 4.78 is 0. The van der Waals surface area contributed by atoms with E-state index in [4.69, 9.17) is 0 Å². The number of H-pyrrole nitrogens is 1. The molecule has 2 nitrogen and oxygen atoms in total. The van der Waals surface area contributed by atoms with Gasteiger partial charge in [-0.05, 0) is 74.2 Å². The molecule has 86 valence electrons. The van der Waals surface area contributed by atoms with Crippen molar-refractivity contribution >= 4 is 0 Å². The number of nitrogens with one attached hydrogen (secondary N) is 1. The second-order valence-corrected chi connectivity index (χ2v) is 6.61. The van der Waals surface area contributed by atoms with E-state index in [1.54, 1.807) is 5.56 Å². The second-order valence-electron chi connectivity index (χ2n) is 6.61. The monoisotopic (exact) mass is 216 g/mol. The van der Waals surface area contributed by atoms with E-state index < -0.39 is 0 Å². The van der Waals surface area contributed by atoms with E-state index >= 15 is 0 Å². The number of aryl methyl sites for hydroxylation is 1. The van der Waals surface area contributed by atoms with E-state index in [1.165, 1.54) is 44.2 Å². The SMILES string of the molecule is Cc1[nH]ncc1C12CC3CC(CC(C3)C1)C2. The largest absolute Gasteiger partial charge is 0.283 e. The van der Waals surface area contributed by atoms with Crippen LogP contribution in [-0.4, -0.2) is 10.2 Å². The van der Waals surface area contributed by atoms with Crippen LogP contribution in [0.3, 0.4) is 0 Å². The molecule has 0 saturated heterocycles. The van der Waals surface area contributed by atoms with E-state index in [0.29, 0.717) is 5.41 Å². The molecule has 0 amide bonds. The first-order chi connectivity index (χ1) is 7.75. The lowest BCUT2D eigenvalue weighted by Gasteiger charge is -2.56. The fraction of sp³-hybridized carbons (Fsp3) is 0.786. The van der Waals surface area contributed by atoms with Crippen LogP contribution in [0.1, 0.15) is 49.8 Å². The first kappa shape index (κ1) is 9.26. The van der Waals surface area contributed by atoms with E-state index in [-0.39, 0.29) is 0 Å². The quantitative estimate of drug-likeness (QED) is 0.767. The lowest BCUT2D eigenvalue weighted by atomic mass is 9.48. The van der Waals surface area contributed by atoms with Gasteiger partial charge in [-0.2, -0.15) is 5.10 Å². The molecule has 4 fully saturated rings. The summed E-state index contributed by atoms with van der Waals surface area (Å²) in [4.78, 5) is 0. The zero-order valence-electron chi connectivity index (χ0n) is 10.00. The predicted molar refractivity (Wildman–Crippen MR) is 63.2 cm³/mol. The van der Waals surface area contributed by atoms with Gasteiger partial charge in [0.05, 0.1) is 6.20 Å². The molecule has 1 aromatic heterocycles. The Morgan fingerprint density at radius 2 is 1.69 bits per heavy atom. The summed E-state index contributed by atoms with van der Waals surface area (Å²) >= 11 is 0. The van der Waals surface area contributed by atoms with Crippen molar-refractivity contribution in [3.63, 3.8) is 0 Å². The van der Waals surface area contributed by atoms with E-state index in [1.807, 2.05) is 0 Å². The Hall–Kier alpha value is -0.790. The van der Waals surface area contributed by atoms with E-state index in [9.17, 15) is 0 Å². The van der Waals surface area contributed by atoms with Crippen LogP contribution in [0.15, 0.2) is 6.20 Å². The molecule has 0 aromatic carbocycles. The van der Waals surface area contributed by atoms with Gasteiger partial charge in [-0.25, -0.2) is 0 Å². The van der Waals surface area contributed by atoms with E-state index in [2.05, 4.69) is 23.3 Å². The highest BCUT2D eigenvalue weighted by Gasteiger charge is 2.52. The normalized spacial score (nSPS) is 45.2. The van der Waals surface area contributed by atoms with Gasteiger partial charge in [0.15, 0.2) is 0 Å². The van der Waals surface area contributed by atoms with Crippen molar-refractivity contribution in [3.8, 4) is 0 Å². The molecule has 0 unspecified atom stereocenters. The maximum absolute atomic E-state index is 4.25. The van der Waals surface area contributed by atoms with Gasteiger partial charge in [0.25, 0.3) is 0 Å². The van der Waals surface area contributed by atoms with Crippen LogP contribution in [0, 0.1) is 24.7 Å². The Bertz CT molecular complexity index is 383. The summed E-state index contributed by atoms with van der Waals surface area (Å²) in [5.74, 6) is 3.08. The Balaban J connectivity index is 1.79. The van der Waals surface area contributed by atoms with Gasteiger partial charge in [-0.3, -0.25) is 5.10 Å². The van der Waals surface area contributed by atoms with Gasteiger partial charge < -0.3 is 0 Å². The van der Waals surface area contributed by atoms with Crippen LogP contribution in [0.5, 0.6) is 0 Å². The third-order valence-corrected chi connectivity index (χ3v) is 5.44. The standard InChI is InChI=1S/C14H20N2/c1-9-13(8-15-16-9)14-5-10-2-11(6-14)4-12(3-10)7-14/h8,10-12H,2-7H2,1H3,(H,15,16). The summed E-state index contributed by atoms with van der Waals surface area (Å²) in [7, 11) is 0. The molecule has 1 aromatic rings. The molecule has 5 rings (SSSR count). The molecule has 0 spiro atoms. The molecule has 0 aliphatic heterocycles. The molecule has 1 heterocycles. The summed E-state index contributed by atoms with van der Waals surface area (Å²) in [5, 5.41) is 7.40. The fourth-order valence-corrected chi connectivity index (χ4v) is 5.33. The third kappa shape index (κ3) is 1.11.